The highest BCUT2D eigenvalue weighted by atomic mass is 32.2. The van der Waals surface area contributed by atoms with Gasteiger partial charge >= 0.3 is 0 Å². The predicted molar refractivity (Wildman–Crippen MR) is 36.1 cm³/mol. The van der Waals surface area contributed by atoms with E-state index in [4.69, 9.17) is 0 Å². The second-order valence-electron chi connectivity index (χ2n) is 1.85. The molecule has 0 saturated carbocycles. The number of hydrogen-bond acceptors (Lipinski definition) is 5. The lowest BCUT2D eigenvalue weighted by Crippen LogP contribution is -2.05. The molecule has 0 saturated heterocycles. The van der Waals surface area contributed by atoms with E-state index in [2.05, 4.69) is 13.6 Å². The third-order valence-corrected chi connectivity index (χ3v) is 2.22. The van der Waals surface area contributed by atoms with Crippen LogP contribution in [0.1, 0.15) is 5.69 Å². The van der Waals surface area contributed by atoms with E-state index in [0.717, 1.165) is 7.11 Å². The van der Waals surface area contributed by atoms with Crippen molar-refractivity contribution < 1.29 is 17.0 Å². The SMILES string of the molecule is COS(=O)(=O)Cc1cocn1. The fraction of sp³-hybridized carbons (Fsp3) is 0.400. The second kappa shape index (κ2) is 3.02. The lowest BCUT2D eigenvalue weighted by atomic mass is 10.6. The maximum atomic E-state index is 10.8. The highest BCUT2D eigenvalue weighted by Gasteiger charge is 2.11. The summed E-state index contributed by atoms with van der Waals surface area (Å²) in [5.74, 6) is -0.250. The Balaban J connectivity index is 2.72. The Hall–Kier alpha value is -0.880. The molecule has 0 bridgehead atoms. The van der Waals surface area contributed by atoms with Crippen LogP contribution in [-0.2, 0) is 20.1 Å². The van der Waals surface area contributed by atoms with Crippen LogP contribution in [-0.4, -0.2) is 20.5 Å². The van der Waals surface area contributed by atoms with E-state index in [1.165, 1.54) is 12.7 Å². The summed E-state index contributed by atoms with van der Waals surface area (Å²) in [6.45, 7) is 0. The Labute approximate surface area is 64.1 Å². The van der Waals surface area contributed by atoms with Crippen molar-refractivity contribution in [1.29, 1.82) is 0 Å². The van der Waals surface area contributed by atoms with Crippen LogP contribution in [0.25, 0.3) is 0 Å². The number of oxazole rings is 1. The predicted octanol–water partition coefficient (Wildman–Crippen LogP) is 0.151. The molecular formula is C5H7NO4S. The lowest BCUT2D eigenvalue weighted by molar-refractivity contribution is 0.396. The van der Waals surface area contributed by atoms with Crippen molar-refractivity contribution >= 4 is 10.1 Å². The van der Waals surface area contributed by atoms with Gasteiger partial charge in [-0.15, -0.1) is 0 Å². The molecule has 0 N–H and O–H groups in total. The number of aromatic nitrogens is 1. The van der Waals surface area contributed by atoms with Crippen molar-refractivity contribution in [2.75, 3.05) is 7.11 Å². The molecule has 0 atom stereocenters. The van der Waals surface area contributed by atoms with Crippen LogP contribution in [0.5, 0.6) is 0 Å². The summed E-state index contributed by atoms with van der Waals surface area (Å²) in [6, 6.07) is 0. The van der Waals surface area contributed by atoms with Crippen molar-refractivity contribution in [3.8, 4) is 0 Å². The van der Waals surface area contributed by atoms with Gasteiger partial charge in [-0.3, -0.25) is 4.18 Å². The summed E-state index contributed by atoms with van der Waals surface area (Å²) < 4.78 is 30.3. The molecule has 6 heteroatoms. The Morgan fingerprint density at radius 3 is 2.91 bits per heavy atom. The topological polar surface area (TPSA) is 69.4 Å². The summed E-state index contributed by atoms with van der Waals surface area (Å²) in [5, 5.41) is 0. The molecule has 0 radical (unpaired) electrons. The molecular weight excluding hydrogens is 170 g/mol. The van der Waals surface area contributed by atoms with Gasteiger partial charge < -0.3 is 4.42 Å². The van der Waals surface area contributed by atoms with Gasteiger partial charge in [-0.2, -0.15) is 8.42 Å². The molecule has 0 spiro atoms. The third kappa shape index (κ3) is 2.32. The maximum Gasteiger partial charge on any atom is 0.272 e. The molecule has 62 valence electrons. The van der Waals surface area contributed by atoms with Crippen molar-refractivity contribution in [1.82, 2.24) is 4.98 Å². The average molecular weight is 177 g/mol. The van der Waals surface area contributed by atoms with Crippen molar-refractivity contribution in [2.24, 2.45) is 0 Å². The highest BCUT2D eigenvalue weighted by Crippen LogP contribution is 2.02. The fourth-order valence-electron chi connectivity index (χ4n) is 0.549. The number of nitrogens with zero attached hydrogens (tertiary/aromatic N) is 1. The Morgan fingerprint density at radius 2 is 2.45 bits per heavy atom. The van der Waals surface area contributed by atoms with Crippen LogP contribution >= 0.6 is 0 Å². The summed E-state index contributed by atoms with van der Waals surface area (Å²) in [5.41, 5.74) is 0.340. The van der Waals surface area contributed by atoms with E-state index < -0.39 is 10.1 Å². The molecule has 0 aliphatic carbocycles. The van der Waals surface area contributed by atoms with Gasteiger partial charge in [-0.25, -0.2) is 4.98 Å². The lowest BCUT2D eigenvalue weighted by Gasteiger charge is -1.95. The van der Waals surface area contributed by atoms with Crippen molar-refractivity contribution in [2.45, 2.75) is 5.75 Å². The normalized spacial score (nSPS) is 11.7. The molecule has 1 aromatic rings. The first kappa shape index (κ1) is 8.22. The molecule has 0 unspecified atom stereocenters. The van der Waals surface area contributed by atoms with E-state index in [0.29, 0.717) is 5.69 Å². The summed E-state index contributed by atoms with van der Waals surface area (Å²) in [7, 11) is -2.36. The number of rotatable bonds is 3. The average Bonchev–Trinajstić information content (AvgIpc) is 2.39. The van der Waals surface area contributed by atoms with E-state index in [9.17, 15) is 8.42 Å². The van der Waals surface area contributed by atoms with E-state index >= 15 is 0 Å². The van der Waals surface area contributed by atoms with E-state index in [1.54, 1.807) is 0 Å². The van der Waals surface area contributed by atoms with E-state index in [1.807, 2.05) is 0 Å². The van der Waals surface area contributed by atoms with Crippen LogP contribution in [0.15, 0.2) is 17.1 Å². The van der Waals surface area contributed by atoms with Crippen LogP contribution in [0, 0.1) is 0 Å². The Kier molecular flexibility index (Phi) is 2.25. The molecule has 1 heterocycles. The minimum absolute atomic E-state index is 0.250. The second-order valence-corrected chi connectivity index (χ2v) is 3.59. The zero-order valence-corrected chi connectivity index (χ0v) is 6.67. The maximum absolute atomic E-state index is 10.8. The van der Waals surface area contributed by atoms with Crippen molar-refractivity contribution in [3.05, 3.63) is 18.4 Å². The first-order chi connectivity index (χ1) is 5.14. The minimum atomic E-state index is -3.46. The zero-order chi connectivity index (χ0) is 8.32. The van der Waals surface area contributed by atoms with Crippen molar-refractivity contribution in [3.63, 3.8) is 0 Å². The first-order valence-electron chi connectivity index (χ1n) is 2.79. The molecule has 0 fully saturated rings. The summed E-state index contributed by atoms with van der Waals surface area (Å²) in [6.07, 6.45) is 2.43. The van der Waals surface area contributed by atoms with E-state index in [-0.39, 0.29) is 5.75 Å². The highest BCUT2D eigenvalue weighted by molar-refractivity contribution is 7.85. The van der Waals surface area contributed by atoms with Gasteiger partial charge in [-0.05, 0) is 0 Å². The minimum Gasteiger partial charge on any atom is -0.451 e. The van der Waals surface area contributed by atoms with Crippen LogP contribution in [0.2, 0.25) is 0 Å². The monoisotopic (exact) mass is 177 g/mol. The van der Waals surface area contributed by atoms with Gasteiger partial charge in [0.1, 0.15) is 12.0 Å². The quantitative estimate of drug-likeness (QED) is 0.615. The third-order valence-electron chi connectivity index (χ3n) is 1.06. The first-order valence-corrected chi connectivity index (χ1v) is 4.37. The summed E-state index contributed by atoms with van der Waals surface area (Å²) >= 11 is 0. The molecule has 0 aliphatic rings. The Bertz CT molecular complexity index is 301. The Morgan fingerprint density at radius 1 is 1.73 bits per heavy atom. The molecule has 5 nitrogen and oxygen atoms in total. The fourth-order valence-corrected chi connectivity index (χ4v) is 1.17. The zero-order valence-electron chi connectivity index (χ0n) is 5.85. The largest absolute Gasteiger partial charge is 0.451 e. The van der Waals surface area contributed by atoms with Crippen LogP contribution in [0.3, 0.4) is 0 Å². The van der Waals surface area contributed by atoms with Crippen LogP contribution in [0.4, 0.5) is 0 Å². The number of hydrogen-bond donors (Lipinski definition) is 0. The smallest absolute Gasteiger partial charge is 0.272 e. The molecule has 1 rings (SSSR count). The van der Waals surface area contributed by atoms with Gasteiger partial charge in [0.05, 0.1) is 12.8 Å². The van der Waals surface area contributed by atoms with Gasteiger partial charge in [0.15, 0.2) is 6.39 Å². The van der Waals surface area contributed by atoms with Gasteiger partial charge in [0.2, 0.25) is 0 Å². The van der Waals surface area contributed by atoms with Gasteiger partial charge in [0.25, 0.3) is 10.1 Å². The molecule has 0 amide bonds. The molecule has 0 aromatic carbocycles. The summed E-state index contributed by atoms with van der Waals surface area (Å²) in [4.78, 5) is 3.62. The molecule has 0 aliphatic heterocycles. The molecule has 1 aromatic heterocycles. The standard InChI is InChI=1S/C5H7NO4S/c1-9-11(7,8)3-5-2-10-4-6-5/h2,4H,3H2,1H3. The van der Waals surface area contributed by atoms with Gasteiger partial charge in [0, 0.05) is 0 Å². The van der Waals surface area contributed by atoms with Gasteiger partial charge in [-0.1, -0.05) is 0 Å². The molecule has 11 heavy (non-hydrogen) atoms. The van der Waals surface area contributed by atoms with Crippen LogP contribution < -0.4 is 0 Å².